The second-order valence-electron chi connectivity index (χ2n) is 4.92. The fraction of sp³-hybridized carbons (Fsp3) is 0.0588. The van der Waals surface area contributed by atoms with Gasteiger partial charge in [0.05, 0.1) is 5.56 Å². The lowest BCUT2D eigenvalue weighted by molar-refractivity contribution is 0.0437. The lowest BCUT2D eigenvalue weighted by Crippen LogP contribution is -2.10. The van der Waals surface area contributed by atoms with Crippen LogP contribution in [0.4, 0.5) is 5.69 Å². The van der Waals surface area contributed by atoms with Crippen molar-refractivity contribution < 1.29 is 9.53 Å². The number of nitrogens with zero attached hydrogens (tertiary/aromatic N) is 1. The van der Waals surface area contributed by atoms with Crippen LogP contribution in [0, 0.1) is 0 Å². The van der Waals surface area contributed by atoms with Crippen molar-refractivity contribution in [3.63, 3.8) is 0 Å². The van der Waals surface area contributed by atoms with Gasteiger partial charge in [-0.15, -0.1) is 0 Å². The van der Waals surface area contributed by atoms with E-state index in [1.165, 1.54) is 0 Å². The summed E-state index contributed by atoms with van der Waals surface area (Å²) in [6, 6.07) is 15.3. The van der Waals surface area contributed by atoms with Crippen LogP contribution in [0.1, 0.15) is 22.1 Å². The van der Waals surface area contributed by atoms with Crippen LogP contribution in [0.5, 0.6) is 0 Å². The second-order valence-corrected chi connectivity index (χ2v) is 4.92. The molecule has 4 rings (SSSR count). The Hall–Kier alpha value is -2.88. The Morgan fingerprint density at radius 2 is 1.95 bits per heavy atom. The fourth-order valence-corrected chi connectivity index (χ4v) is 2.64. The molecule has 1 aliphatic rings. The summed E-state index contributed by atoms with van der Waals surface area (Å²) in [4.78, 5) is 16.0. The lowest BCUT2D eigenvalue weighted by Gasteiger charge is -2.16. The van der Waals surface area contributed by atoms with Gasteiger partial charge in [-0.1, -0.05) is 30.3 Å². The van der Waals surface area contributed by atoms with E-state index in [-0.39, 0.29) is 5.97 Å². The monoisotopic (exact) mass is 276 g/mol. The molecule has 102 valence electrons. The summed E-state index contributed by atoms with van der Waals surface area (Å²) in [5, 5.41) is 5.39. The van der Waals surface area contributed by atoms with Crippen molar-refractivity contribution >= 4 is 22.4 Å². The fourth-order valence-electron chi connectivity index (χ4n) is 2.64. The molecule has 2 aromatic carbocycles. The molecule has 0 bridgehead atoms. The number of aromatic nitrogens is 1. The van der Waals surface area contributed by atoms with Crippen molar-refractivity contribution in [1.82, 2.24) is 4.98 Å². The number of hydrogen-bond donors (Lipinski definition) is 1. The molecule has 0 aliphatic carbocycles. The molecule has 4 nitrogen and oxygen atoms in total. The average molecular weight is 276 g/mol. The molecule has 4 heteroatoms. The van der Waals surface area contributed by atoms with Gasteiger partial charge in [-0.2, -0.15) is 0 Å². The van der Waals surface area contributed by atoms with Crippen LogP contribution >= 0.6 is 0 Å². The molecule has 3 aromatic rings. The minimum Gasteiger partial charge on any atom is -0.434 e. The quantitative estimate of drug-likeness (QED) is 0.728. The molecule has 1 atom stereocenters. The van der Waals surface area contributed by atoms with Gasteiger partial charge in [-0.25, -0.2) is 4.79 Å². The largest absolute Gasteiger partial charge is 0.434 e. The number of cyclic esters (lactones) is 1. The molecule has 21 heavy (non-hydrogen) atoms. The Morgan fingerprint density at radius 3 is 2.90 bits per heavy atom. The number of esters is 1. The third-order valence-electron chi connectivity index (χ3n) is 3.66. The van der Waals surface area contributed by atoms with Crippen LogP contribution in [-0.4, -0.2) is 11.0 Å². The first-order valence-electron chi connectivity index (χ1n) is 6.72. The highest BCUT2D eigenvalue weighted by atomic mass is 16.6. The summed E-state index contributed by atoms with van der Waals surface area (Å²) < 4.78 is 5.42. The number of pyridine rings is 1. The molecule has 0 amide bonds. The molecule has 0 saturated heterocycles. The highest BCUT2D eigenvalue weighted by Crippen LogP contribution is 2.33. The topological polar surface area (TPSA) is 51.2 Å². The Morgan fingerprint density at radius 1 is 1.05 bits per heavy atom. The van der Waals surface area contributed by atoms with Crippen molar-refractivity contribution in [3.8, 4) is 0 Å². The number of nitrogens with one attached hydrogen (secondary N) is 1. The van der Waals surface area contributed by atoms with Gasteiger partial charge in [0.25, 0.3) is 0 Å². The van der Waals surface area contributed by atoms with Gasteiger partial charge >= 0.3 is 5.97 Å². The Kier molecular flexibility index (Phi) is 2.60. The molecular weight excluding hydrogens is 264 g/mol. The zero-order valence-electron chi connectivity index (χ0n) is 11.1. The highest BCUT2D eigenvalue weighted by Gasteiger charge is 2.30. The molecule has 0 fully saturated rings. The molecule has 0 saturated carbocycles. The molecule has 2 heterocycles. The van der Waals surface area contributed by atoms with E-state index in [1.807, 2.05) is 48.7 Å². The van der Waals surface area contributed by atoms with Crippen LogP contribution in [0.25, 0.3) is 10.8 Å². The highest BCUT2D eigenvalue weighted by molar-refractivity contribution is 5.96. The second kappa shape index (κ2) is 4.59. The number of carbonyl (C=O) groups excluding carboxylic acids is 1. The van der Waals surface area contributed by atoms with Gasteiger partial charge < -0.3 is 10.1 Å². The van der Waals surface area contributed by atoms with Crippen LogP contribution in [-0.2, 0) is 4.74 Å². The normalized spacial score (nSPS) is 16.6. The molecule has 1 aliphatic heterocycles. The Bertz CT molecular complexity index is 840. The van der Waals surface area contributed by atoms with E-state index < -0.39 is 6.23 Å². The number of rotatable bonds is 2. The minimum absolute atomic E-state index is 0.287. The van der Waals surface area contributed by atoms with Crippen LogP contribution < -0.4 is 5.32 Å². The zero-order valence-corrected chi connectivity index (χ0v) is 11.1. The van der Waals surface area contributed by atoms with Crippen LogP contribution in [0.15, 0.2) is 60.9 Å². The van der Waals surface area contributed by atoms with E-state index in [1.54, 1.807) is 12.3 Å². The van der Waals surface area contributed by atoms with Crippen molar-refractivity contribution in [2.45, 2.75) is 6.23 Å². The third-order valence-corrected chi connectivity index (χ3v) is 3.66. The van der Waals surface area contributed by atoms with Gasteiger partial charge in [0, 0.05) is 34.4 Å². The Balaban J connectivity index is 1.75. The van der Waals surface area contributed by atoms with Gasteiger partial charge in [0.2, 0.25) is 6.23 Å². The number of carbonyl (C=O) groups is 1. The summed E-state index contributed by atoms with van der Waals surface area (Å²) in [6.45, 7) is 0. The molecule has 0 spiro atoms. The number of hydrogen-bond acceptors (Lipinski definition) is 4. The van der Waals surface area contributed by atoms with Crippen molar-refractivity contribution in [2.75, 3.05) is 5.32 Å². The number of ether oxygens (including phenoxy) is 1. The summed E-state index contributed by atoms with van der Waals surface area (Å²) in [6.07, 6.45) is 3.12. The summed E-state index contributed by atoms with van der Waals surface area (Å²) >= 11 is 0. The smallest absolute Gasteiger partial charge is 0.340 e. The van der Waals surface area contributed by atoms with E-state index >= 15 is 0 Å². The SMILES string of the molecule is O=C1OC(Nc2cccc3cnccc23)c2ccccc21. The van der Waals surface area contributed by atoms with Crippen molar-refractivity contribution in [1.29, 1.82) is 0 Å². The van der Waals surface area contributed by atoms with Crippen LogP contribution in [0.2, 0.25) is 0 Å². The maximum absolute atomic E-state index is 11.9. The standard InChI is InChI=1S/C17H12N2O2/c20-17-14-6-2-1-5-13(14)16(21-17)19-15-7-3-4-11-10-18-9-8-12(11)15/h1-10,16,19H. The van der Waals surface area contributed by atoms with Crippen molar-refractivity contribution in [2.24, 2.45) is 0 Å². The third kappa shape index (κ3) is 1.92. The number of benzene rings is 2. The average Bonchev–Trinajstić information content (AvgIpc) is 2.85. The molecular formula is C17H12N2O2. The van der Waals surface area contributed by atoms with E-state index in [2.05, 4.69) is 10.3 Å². The summed E-state index contributed by atoms with van der Waals surface area (Å²) in [7, 11) is 0. The number of anilines is 1. The molecule has 1 aromatic heterocycles. The lowest BCUT2D eigenvalue weighted by atomic mass is 10.1. The van der Waals surface area contributed by atoms with Gasteiger partial charge in [-0.05, 0) is 18.2 Å². The first-order valence-corrected chi connectivity index (χ1v) is 6.72. The van der Waals surface area contributed by atoms with E-state index in [0.29, 0.717) is 5.56 Å². The zero-order chi connectivity index (χ0) is 14.2. The van der Waals surface area contributed by atoms with Gasteiger partial charge in [0.15, 0.2) is 0 Å². The maximum atomic E-state index is 11.9. The van der Waals surface area contributed by atoms with Gasteiger partial charge in [-0.3, -0.25) is 4.98 Å². The van der Waals surface area contributed by atoms with Crippen LogP contribution in [0.3, 0.4) is 0 Å². The predicted octanol–water partition coefficient (Wildman–Crippen LogP) is 3.52. The Labute approximate surface area is 121 Å². The minimum atomic E-state index is -0.451. The summed E-state index contributed by atoms with van der Waals surface area (Å²) in [5.41, 5.74) is 2.41. The predicted molar refractivity (Wildman–Crippen MR) is 80.0 cm³/mol. The van der Waals surface area contributed by atoms with E-state index in [0.717, 1.165) is 22.0 Å². The van der Waals surface area contributed by atoms with E-state index in [9.17, 15) is 4.79 Å². The number of fused-ring (bicyclic) bond motifs is 2. The molecule has 1 unspecified atom stereocenters. The van der Waals surface area contributed by atoms with Crippen molar-refractivity contribution in [3.05, 3.63) is 72.1 Å². The van der Waals surface area contributed by atoms with E-state index in [4.69, 9.17) is 4.74 Å². The summed E-state index contributed by atoms with van der Waals surface area (Å²) in [5.74, 6) is -0.287. The maximum Gasteiger partial charge on any atom is 0.340 e. The first kappa shape index (κ1) is 11.9. The van der Waals surface area contributed by atoms with Gasteiger partial charge in [0.1, 0.15) is 0 Å². The molecule has 1 N–H and O–H groups in total. The first-order chi connectivity index (χ1) is 10.3. The molecule has 0 radical (unpaired) electrons.